The zero-order valence-electron chi connectivity index (χ0n) is 20.0. The number of hydrogen-bond donors (Lipinski definition) is 1. The molecule has 2 fully saturated rings. The first-order chi connectivity index (χ1) is 16.3. The number of aliphatic hydroxyl groups excluding tert-OH is 1. The summed E-state index contributed by atoms with van der Waals surface area (Å²) in [6.07, 6.45) is 4.90. The summed E-state index contributed by atoms with van der Waals surface area (Å²) in [5.74, 6) is -0.412. The Labute approximate surface area is 206 Å². The van der Waals surface area contributed by atoms with Crippen molar-refractivity contribution < 1.29 is 19.4 Å². The molecule has 1 aliphatic heterocycles. The van der Waals surface area contributed by atoms with E-state index in [4.69, 9.17) is 16.3 Å². The van der Waals surface area contributed by atoms with Gasteiger partial charge in [-0.05, 0) is 67.1 Å². The Balaban J connectivity index is 1.86. The molecule has 6 heteroatoms. The van der Waals surface area contributed by atoms with Gasteiger partial charge in [0.1, 0.15) is 11.5 Å². The largest absolute Gasteiger partial charge is 0.507 e. The van der Waals surface area contributed by atoms with E-state index < -0.39 is 17.7 Å². The van der Waals surface area contributed by atoms with Crippen LogP contribution < -0.4 is 4.74 Å². The number of carbonyl (C=O) groups excluding carboxylic acids is 2. The van der Waals surface area contributed by atoms with Gasteiger partial charge in [0.2, 0.25) is 0 Å². The van der Waals surface area contributed by atoms with E-state index in [2.05, 4.69) is 13.8 Å². The Morgan fingerprint density at radius 2 is 1.76 bits per heavy atom. The van der Waals surface area contributed by atoms with Gasteiger partial charge in [-0.15, -0.1) is 0 Å². The monoisotopic (exact) mass is 481 g/mol. The van der Waals surface area contributed by atoms with Crippen LogP contribution in [0.3, 0.4) is 0 Å². The van der Waals surface area contributed by atoms with E-state index in [0.29, 0.717) is 17.2 Å². The van der Waals surface area contributed by atoms with Crippen molar-refractivity contribution in [2.24, 2.45) is 0 Å². The van der Waals surface area contributed by atoms with Crippen LogP contribution >= 0.6 is 11.6 Å². The van der Waals surface area contributed by atoms with Crippen LogP contribution in [-0.2, 0) is 9.59 Å². The average Bonchev–Trinajstić information content (AvgIpc) is 3.10. The SMILES string of the molecule is CCOc1ccc(/C(O)=C2/C(=O)C(=O)N(C3CCCCC3)C2c2ccc(Cl)cc2)cc1C(C)C. The van der Waals surface area contributed by atoms with E-state index >= 15 is 0 Å². The Hall–Kier alpha value is -2.79. The highest BCUT2D eigenvalue weighted by molar-refractivity contribution is 6.46. The number of hydrogen-bond acceptors (Lipinski definition) is 4. The van der Waals surface area contributed by atoms with Gasteiger partial charge in [-0.25, -0.2) is 0 Å². The number of carbonyl (C=O) groups is 2. The molecule has 34 heavy (non-hydrogen) atoms. The number of aliphatic hydroxyl groups is 1. The van der Waals surface area contributed by atoms with Gasteiger partial charge in [-0.2, -0.15) is 0 Å². The Bertz CT molecular complexity index is 1100. The third kappa shape index (κ3) is 4.58. The van der Waals surface area contributed by atoms with Crippen LogP contribution in [0.5, 0.6) is 5.75 Å². The molecule has 1 N–H and O–H groups in total. The minimum absolute atomic E-state index is 0.0252. The fraction of sp³-hybridized carbons (Fsp3) is 0.429. The number of rotatable bonds is 6. The number of ketones is 1. The maximum Gasteiger partial charge on any atom is 0.295 e. The zero-order chi connectivity index (χ0) is 24.4. The lowest BCUT2D eigenvalue weighted by Crippen LogP contribution is -2.40. The van der Waals surface area contributed by atoms with E-state index in [-0.39, 0.29) is 23.3 Å². The number of halogens is 1. The second-order valence-electron chi connectivity index (χ2n) is 9.39. The molecule has 4 rings (SSSR count). The molecule has 2 aromatic carbocycles. The summed E-state index contributed by atoms with van der Waals surface area (Å²) in [6, 6.07) is 11.9. The Morgan fingerprint density at radius 3 is 2.38 bits per heavy atom. The van der Waals surface area contributed by atoms with Gasteiger partial charge in [0, 0.05) is 16.6 Å². The average molecular weight is 482 g/mol. The fourth-order valence-corrected chi connectivity index (χ4v) is 5.27. The van der Waals surface area contributed by atoms with Crippen molar-refractivity contribution in [1.29, 1.82) is 0 Å². The van der Waals surface area contributed by atoms with Gasteiger partial charge in [-0.1, -0.05) is 56.8 Å². The van der Waals surface area contributed by atoms with Crippen molar-refractivity contribution in [3.8, 4) is 5.75 Å². The van der Waals surface area contributed by atoms with Crippen LogP contribution in [0.25, 0.3) is 5.76 Å². The fourth-order valence-electron chi connectivity index (χ4n) is 5.15. The van der Waals surface area contributed by atoms with Gasteiger partial charge in [-0.3, -0.25) is 9.59 Å². The predicted molar refractivity (Wildman–Crippen MR) is 134 cm³/mol. The number of nitrogens with zero attached hydrogens (tertiary/aromatic N) is 1. The number of amides is 1. The molecule has 0 aromatic heterocycles. The molecule has 1 amide bonds. The lowest BCUT2D eigenvalue weighted by molar-refractivity contribution is -0.141. The van der Waals surface area contributed by atoms with Gasteiger partial charge in [0.25, 0.3) is 11.7 Å². The molecule has 0 bridgehead atoms. The van der Waals surface area contributed by atoms with Crippen molar-refractivity contribution >= 4 is 29.1 Å². The molecule has 1 aliphatic carbocycles. The third-order valence-corrected chi connectivity index (χ3v) is 7.09. The molecule has 2 aromatic rings. The second-order valence-corrected chi connectivity index (χ2v) is 9.83. The van der Waals surface area contributed by atoms with Crippen molar-refractivity contribution in [2.75, 3.05) is 6.61 Å². The summed E-state index contributed by atoms with van der Waals surface area (Å²) in [5, 5.41) is 12.0. The molecule has 0 spiro atoms. The van der Waals surface area contributed by atoms with Crippen LogP contribution in [0.2, 0.25) is 5.02 Å². The predicted octanol–water partition coefficient (Wildman–Crippen LogP) is 6.62. The van der Waals surface area contributed by atoms with Crippen molar-refractivity contribution in [3.63, 3.8) is 0 Å². The van der Waals surface area contributed by atoms with E-state index in [0.717, 1.165) is 49.0 Å². The van der Waals surface area contributed by atoms with E-state index in [1.807, 2.05) is 31.2 Å². The molecular weight excluding hydrogens is 450 g/mol. The molecule has 1 saturated carbocycles. The molecule has 1 heterocycles. The molecule has 1 unspecified atom stereocenters. The minimum atomic E-state index is -0.644. The zero-order valence-corrected chi connectivity index (χ0v) is 20.8. The highest BCUT2D eigenvalue weighted by Gasteiger charge is 2.48. The lowest BCUT2D eigenvalue weighted by Gasteiger charge is -2.35. The van der Waals surface area contributed by atoms with Crippen LogP contribution in [0, 0.1) is 0 Å². The van der Waals surface area contributed by atoms with E-state index in [1.165, 1.54) is 0 Å². The molecule has 1 atom stereocenters. The maximum absolute atomic E-state index is 13.4. The van der Waals surface area contributed by atoms with Crippen molar-refractivity contribution in [1.82, 2.24) is 4.90 Å². The second kappa shape index (κ2) is 10.2. The maximum atomic E-state index is 13.4. The quantitative estimate of drug-likeness (QED) is 0.286. The normalized spacial score (nSPS) is 20.9. The molecule has 0 radical (unpaired) electrons. The van der Waals surface area contributed by atoms with Crippen LogP contribution in [0.1, 0.15) is 81.5 Å². The summed E-state index contributed by atoms with van der Waals surface area (Å²) < 4.78 is 5.76. The first-order valence-corrected chi connectivity index (χ1v) is 12.5. The van der Waals surface area contributed by atoms with E-state index in [1.54, 1.807) is 23.1 Å². The summed E-state index contributed by atoms with van der Waals surface area (Å²) in [6.45, 7) is 6.57. The Kier molecular flexibility index (Phi) is 7.32. The number of ether oxygens (including phenoxy) is 1. The smallest absolute Gasteiger partial charge is 0.295 e. The first-order valence-electron chi connectivity index (χ1n) is 12.2. The summed E-state index contributed by atoms with van der Waals surface area (Å²) >= 11 is 6.12. The number of likely N-dealkylation sites (tertiary alicyclic amines) is 1. The highest BCUT2D eigenvalue weighted by Crippen LogP contribution is 2.43. The third-order valence-electron chi connectivity index (χ3n) is 6.84. The van der Waals surface area contributed by atoms with Crippen LogP contribution in [0.15, 0.2) is 48.0 Å². The van der Waals surface area contributed by atoms with Gasteiger partial charge < -0.3 is 14.7 Å². The van der Waals surface area contributed by atoms with Gasteiger partial charge in [0.15, 0.2) is 0 Å². The highest BCUT2D eigenvalue weighted by atomic mass is 35.5. The first kappa shape index (κ1) is 24.3. The van der Waals surface area contributed by atoms with Gasteiger partial charge in [0.05, 0.1) is 18.2 Å². The van der Waals surface area contributed by atoms with Crippen LogP contribution in [0.4, 0.5) is 0 Å². The van der Waals surface area contributed by atoms with Crippen molar-refractivity contribution in [3.05, 3.63) is 69.8 Å². The number of benzene rings is 2. The standard InChI is InChI=1S/C28H32ClNO4/c1-4-34-23-15-12-19(16-22(23)17(2)3)26(31)24-25(18-10-13-20(29)14-11-18)30(28(33)27(24)32)21-8-6-5-7-9-21/h10-17,21,25,31H,4-9H2,1-3H3/b26-24-. The summed E-state index contributed by atoms with van der Waals surface area (Å²) in [7, 11) is 0. The summed E-state index contributed by atoms with van der Waals surface area (Å²) in [5.41, 5.74) is 2.35. The van der Waals surface area contributed by atoms with E-state index in [9.17, 15) is 14.7 Å². The number of Topliss-reactive ketones (excluding diaryl/α,β-unsaturated/α-hetero) is 1. The van der Waals surface area contributed by atoms with Crippen LogP contribution in [-0.4, -0.2) is 34.3 Å². The molecule has 5 nitrogen and oxygen atoms in total. The molecule has 2 aliphatic rings. The molecule has 180 valence electrons. The lowest BCUT2D eigenvalue weighted by atomic mass is 9.90. The van der Waals surface area contributed by atoms with Crippen molar-refractivity contribution in [2.45, 2.75) is 70.9 Å². The summed E-state index contributed by atoms with van der Waals surface area (Å²) in [4.78, 5) is 28.4. The molecular formula is C28H32ClNO4. The Morgan fingerprint density at radius 1 is 1.09 bits per heavy atom. The molecule has 1 saturated heterocycles. The van der Waals surface area contributed by atoms with Gasteiger partial charge >= 0.3 is 0 Å². The minimum Gasteiger partial charge on any atom is -0.507 e. The topological polar surface area (TPSA) is 66.8 Å².